The van der Waals surface area contributed by atoms with Crippen LogP contribution in [-0.2, 0) is 6.54 Å². The third kappa shape index (κ3) is 4.01. The van der Waals surface area contributed by atoms with Crippen molar-refractivity contribution in [1.29, 1.82) is 0 Å². The summed E-state index contributed by atoms with van der Waals surface area (Å²) in [6.45, 7) is 6.34. The Labute approximate surface area is 115 Å². The van der Waals surface area contributed by atoms with E-state index in [9.17, 15) is 0 Å². The van der Waals surface area contributed by atoms with E-state index in [4.69, 9.17) is 0 Å². The molecule has 0 aliphatic carbocycles. The summed E-state index contributed by atoms with van der Waals surface area (Å²) in [4.78, 5) is 6.84. The number of aromatic nitrogens is 1. The lowest BCUT2D eigenvalue weighted by Gasteiger charge is -2.17. The van der Waals surface area contributed by atoms with Gasteiger partial charge in [0.05, 0.1) is 5.52 Å². The zero-order valence-corrected chi connectivity index (χ0v) is 11.9. The van der Waals surface area contributed by atoms with Gasteiger partial charge < -0.3 is 10.2 Å². The summed E-state index contributed by atoms with van der Waals surface area (Å²) in [6.07, 6.45) is 3.06. The molecule has 0 radical (unpaired) electrons. The fourth-order valence-corrected chi connectivity index (χ4v) is 2.24. The monoisotopic (exact) mass is 257 g/mol. The van der Waals surface area contributed by atoms with Gasteiger partial charge in [0, 0.05) is 31.2 Å². The zero-order chi connectivity index (χ0) is 13.5. The van der Waals surface area contributed by atoms with Crippen molar-refractivity contribution in [2.75, 3.05) is 26.7 Å². The molecule has 1 heterocycles. The Morgan fingerprint density at radius 3 is 2.84 bits per heavy atom. The van der Waals surface area contributed by atoms with Crippen molar-refractivity contribution in [2.45, 2.75) is 19.9 Å². The average molecular weight is 257 g/mol. The lowest BCUT2D eigenvalue weighted by atomic mass is 10.1. The van der Waals surface area contributed by atoms with Crippen LogP contribution in [-0.4, -0.2) is 36.6 Å². The molecule has 0 amide bonds. The van der Waals surface area contributed by atoms with Crippen LogP contribution in [0.25, 0.3) is 10.9 Å². The maximum absolute atomic E-state index is 4.50. The average Bonchev–Trinajstić information content (AvgIpc) is 2.44. The predicted molar refractivity (Wildman–Crippen MR) is 81.2 cm³/mol. The summed E-state index contributed by atoms with van der Waals surface area (Å²) in [7, 11) is 2.16. The van der Waals surface area contributed by atoms with Crippen LogP contribution in [0.5, 0.6) is 0 Å². The van der Waals surface area contributed by atoms with E-state index >= 15 is 0 Å². The molecule has 0 unspecified atom stereocenters. The maximum atomic E-state index is 4.50. The SMILES string of the molecule is CCCNCCN(C)Cc1cccc2cccnc12. The molecule has 102 valence electrons. The van der Waals surface area contributed by atoms with Crippen LogP contribution in [0.1, 0.15) is 18.9 Å². The molecule has 0 fully saturated rings. The Morgan fingerprint density at radius 1 is 1.16 bits per heavy atom. The van der Waals surface area contributed by atoms with E-state index in [2.05, 4.69) is 53.4 Å². The van der Waals surface area contributed by atoms with Crippen LogP contribution < -0.4 is 5.32 Å². The smallest absolute Gasteiger partial charge is 0.0746 e. The minimum Gasteiger partial charge on any atom is -0.315 e. The van der Waals surface area contributed by atoms with Crippen LogP contribution in [0.4, 0.5) is 0 Å². The topological polar surface area (TPSA) is 28.2 Å². The molecule has 1 aromatic carbocycles. The van der Waals surface area contributed by atoms with E-state index in [0.717, 1.165) is 31.7 Å². The highest BCUT2D eigenvalue weighted by atomic mass is 15.1. The van der Waals surface area contributed by atoms with Gasteiger partial charge in [-0.3, -0.25) is 4.98 Å². The van der Waals surface area contributed by atoms with Gasteiger partial charge in [0.25, 0.3) is 0 Å². The van der Waals surface area contributed by atoms with Gasteiger partial charge in [0.15, 0.2) is 0 Å². The Kier molecular flexibility index (Phi) is 5.31. The maximum Gasteiger partial charge on any atom is 0.0746 e. The Hall–Kier alpha value is -1.45. The van der Waals surface area contributed by atoms with E-state index in [-0.39, 0.29) is 0 Å². The summed E-state index contributed by atoms with van der Waals surface area (Å²) >= 11 is 0. The Morgan fingerprint density at radius 2 is 2.00 bits per heavy atom. The van der Waals surface area contributed by atoms with E-state index in [0.29, 0.717) is 0 Å². The van der Waals surface area contributed by atoms with Crippen molar-refractivity contribution < 1.29 is 0 Å². The van der Waals surface area contributed by atoms with Gasteiger partial charge >= 0.3 is 0 Å². The van der Waals surface area contributed by atoms with Crippen LogP contribution >= 0.6 is 0 Å². The van der Waals surface area contributed by atoms with E-state index in [1.807, 2.05) is 12.3 Å². The van der Waals surface area contributed by atoms with Gasteiger partial charge in [-0.25, -0.2) is 0 Å². The molecule has 2 aromatic rings. The molecular weight excluding hydrogens is 234 g/mol. The summed E-state index contributed by atoms with van der Waals surface area (Å²) in [6, 6.07) is 10.5. The van der Waals surface area contributed by atoms with Gasteiger partial charge in [0.2, 0.25) is 0 Å². The fourth-order valence-electron chi connectivity index (χ4n) is 2.24. The van der Waals surface area contributed by atoms with Crippen LogP contribution in [0, 0.1) is 0 Å². The highest BCUT2D eigenvalue weighted by Gasteiger charge is 2.04. The third-order valence-corrected chi connectivity index (χ3v) is 3.25. The molecule has 19 heavy (non-hydrogen) atoms. The predicted octanol–water partition coefficient (Wildman–Crippen LogP) is 2.67. The van der Waals surface area contributed by atoms with Crippen LogP contribution in [0.3, 0.4) is 0 Å². The molecule has 0 atom stereocenters. The molecule has 0 spiro atoms. The molecule has 0 bridgehead atoms. The largest absolute Gasteiger partial charge is 0.315 e. The summed E-state index contributed by atoms with van der Waals surface area (Å²) < 4.78 is 0. The first-order valence-corrected chi connectivity index (χ1v) is 7.03. The van der Waals surface area contributed by atoms with Gasteiger partial charge in [-0.05, 0) is 31.6 Å². The van der Waals surface area contributed by atoms with Crippen molar-refractivity contribution in [3.05, 3.63) is 42.1 Å². The quantitative estimate of drug-likeness (QED) is 0.773. The molecule has 0 saturated heterocycles. The van der Waals surface area contributed by atoms with Crippen molar-refractivity contribution >= 4 is 10.9 Å². The second-order valence-corrected chi connectivity index (χ2v) is 4.98. The van der Waals surface area contributed by atoms with Crippen molar-refractivity contribution in [2.24, 2.45) is 0 Å². The molecule has 0 saturated carbocycles. The third-order valence-electron chi connectivity index (χ3n) is 3.25. The number of fused-ring (bicyclic) bond motifs is 1. The molecule has 0 aliphatic heterocycles. The Balaban J connectivity index is 1.97. The van der Waals surface area contributed by atoms with Crippen molar-refractivity contribution in [1.82, 2.24) is 15.2 Å². The number of para-hydroxylation sites is 1. The van der Waals surface area contributed by atoms with E-state index in [1.165, 1.54) is 17.4 Å². The normalized spacial score (nSPS) is 11.3. The van der Waals surface area contributed by atoms with Gasteiger partial charge in [-0.1, -0.05) is 31.2 Å². The highest BCUT2D eigenvalue weighted by molar-refractivity contribution is 5.81. The highest BCUT2D eigenvalue weighted by Crippen LogP contribution is 2.16. The molecule has 2 rings (SSSR count). The minimum atomic E-state index is 0.947. The first-order valence-electron chi connectivity index (χ1n) is 7.03. The Bertz CT molecular complexity index is 505. The lowest BCUT2D eigenvalue weighted by Crippen LogP contribution is -2.29. The summed E-state index contributed by atoms with van der Waals surface area (Å²) in [5.41, 5.74) is 2.43. The summed E-state index contributed by atoms with van der Waals surface area (Å²) in [5.74, 6) is 0. The van der Waals surface area contributed by atoms with Crippen molar-refractivity contribution in [3.63, 3.8) is 0 Å². The molecule has 0 aliphatic rings. The number of nitrogens with one attached hydrogen (secondary N) is 1. The van der Waals surface area contributed by atoms with Gasteiger partial charge in [-0.2, -0.15) is 0 Å². The second kappa shape index (κ2) is 7.22. The minimum absolute atomic E-state index is 0.947. The van der Waals surface area contributed by atoms with Gasteiger partial charge in [0.1, 0.15) is 0 Å². The molecule has 1 aromatic heterocycles. The van der Waals surface area contributed by atoms with Crippen LogP contribution in [0.15, 0.2) is 36.5 Å². The fraction of sp³-hybridized carbons (Fsp3) is 0.438. The molecule has 1 N–H and O–H groups in total. The lowest BCUT2D eigenvalue weighted by molar-refractivity contribution is 0.325. The second-order valence-electron chi connectivity index (χ2n) is 4.98. The summed E-state index contributed by atoms with van der Waals surface area (Å²) in [5, 5.41) is 4.65. The molecular formula is C16H23N3. The molecule has 3 heteroatoms. The number of likely N-dealkylation sites (N-methyl/N-ethyl adjacent to an activating group) is 1. The number of hydrogen-bond donors (Lipinski definition) is 1. The van der Waals surface area contributed by atoms with Crippen LogP contribution in [0.2, 0.25) is 0 Å². The number of nitrogens with zero attached hydrogens (tertiary/aromatic N) is 2. The van der Waals surface area contributed by atoms with Gasteiger partial charge in [-0.15, -0.1) is 0 Å². The van der Waals surface area contributed by atoms with Crippen molar-refractivity contribution in [3.8, 4) is 0 Å². The zero-order valence-electron chi connectivity index (χ0n) is 11.9. The first-order chi connectivity index (χ1) is 9.31. The number of pyridine rings is 1. The number of benzene rings is 1. The van der Waals surface area contributed by atoms with E-state index < -0.39 is 0 Å². The number of hydrogen-bond acceptors (Lipinski definition) is 3. The molecule has 3 nitrogen and oxygen atoms in total. The first kappa shape index (κ1) is 14.0. The number of rotatable bonds is 7. The standard InChI is InChI=1S/C16H23N3/c1-3-9-17-11-12-19(2)13-15-7-4-6-14-8-5-10-18-16(14)15/h4-8,10,17H,3,9,11-13H2,1-2H3. The van der Waals surface area contributed by atoms with E-state index in [1.54, 1.807) is 0 Å².